The summed E-state index contributed by atoms with van der Waals surface area (Å²) in [6.07, 6.45) is 3.01. The predicted octanol–water partition coefficient (Wildman–Crippen LogP) is 18.8. The van der Waals surface area contributed by atoms with Gasteiger partial charge in [-0.15, -0.1) is 0 Å². The Morgan fingerprint density at radius 1 is 0.485 bits per heavy atom. The van der Waals surface area contributed by atoms with Gasteiger partial charge in [0.1, 0.15) is 29.5 Å². The number of aromatic nitrogens is 8. The van der Waals surface area contributed by atoms with Gasteiger partial charge in [-0.3, -0.25) is 0 Å². The quantitative estimate of drug-likeness (QED) is 0.0856. The number of esters is 2. The Hall–Kier alpha value is -7.64. The molecule has 11 rings (SSSR count). The molecule has 0 aliphatic carbocycles. The molecule has 0 unspecified atom stereocenters. The Kier molecular flexibility index (Phi) is 27.1. The van der Waals surface area contributed by atoms with Crippen LogP contribution in [0.25, 0.3) is 66.5 Å². The van der Waals surface area contributed by atoms with Crippen LogP contribution in [0.15, 0.2) is 107 Å². The summed E-state index contributed by atoms with van der Waals surface area (Å²) in [6, 6.07) is 22.6. The number of hydrogen-bond donors (Lipinski definition) is 2. The number of rotatable bonds is 16. The van der Waals surface area contributed by atoms with Crippen molar-refractivity contribution in [1.29, 1.82) is 0 Å². The van der Waals surface area contributed by atoms with Gasteiger partial charge < -0.3 is 51.7 Å². The van der Waals surface area contributed by atoms with Gasteiger partial charge in [0.2, 0.25) is 0 Å². The van der Waals surface area contributed by atoms with Gasteiger partial charge in [-0.2, -0.15) is 40.5 Å². The third-order valence-corrected chi connectivity index (χ3v) is 17.7. The van der Waals surface area contributed by atoms with E-state index in [2.05, 4.69) is 37.9 Å². The molecule has 0 aliphatic heterocycles. The van der Waals surface area contributed by atoms with Crippen LogP contribution in [0.4, 0.5) is 0 Å². The number of oxazole rings is 2. The van der Waals surface area contributed by atoms with Gasteiger partial charge in [0.25, 0.3) is 0 Å². The van der Waals surface area contributed by atoms with Crippen LogP contribution in [0.5, 0.6) is 0 Å². The second kappa shape index (κ2) is 33.2. The highest BCUT2D eigenvalue weighted by Gasteiger charge is 2.38. The number of benzene rings is 3. The minimum absolute atomic E-state index is 0. The Bertz CT molecular complexity index is 4740. The van der Waals surface area contributed by atoms with Crippen LogP contribution >= 0.6 is 75.3 Å². The van der Waals surface area contributed by atoms with Gasteiger partial charge in [0, 0.05) is 98.8 Å². The second-order valence-electron chi connectivity index (χ2n) is 27.2. The monoisotopic (exact) mass is 1490 g/mol. The highest BCUT2D eigenvalue weighted by Crippen LogP contribution is 2.46. The molecule has 0 saturated heterocycles. The number of nitrogens with one attached hydrogen (secondary N) is 1. The zero-order valence-corrected chi connectivity index (χ0v) is 65.9. The van der Waals surface area contributed by atoms with Crippen molar-refractivity contribution in [3.63, 3.8) is 0 Å². The number of pyridine rings is 3. The first-order chi connectivity index (χ1) is 46.0. The number of carboxylic acids is 1. The van der Waals surface area contributed by atoms with Crippen LogP contribution in [-0.4, -0.2) is 93.1 Å². The number of aryl methyl sites for hydroxylation is 7. The molecular formula is C76H91Cl3N8O11S3. The number of halogens is 3. The lowest BCUT2D eigenvalue weighted by atomic mass is 9.91. The zero-order valence-electron chi connectivity index (χ0n) is 60.7. The summed E-state index contributed by atoms with van der Waals surface area (Å²) in [7, 11) is 2.74. The van der Waals surface area contributed by atoms with Crippen molar-refractivity contribution >= 4 is 126 Å². The molecule has 0 bridgehead atoms. The molecule has 19 nitrogen and oxygen atoms in total. The number of carbonyl (C=O) groups excluding carboxylic acids is 2. The van der Waals surface area contributed by atoms with Crippen molar-refractivity contribution in [2.75, 3.05) is 14.2 Å². The van der Waals surface area contributed by atoms with Gasteiger partial charge in [0.15, 0.2) is 31.1 Å². The maximum absolute atomic E-state index is 13.1. The first-order valence-corrected chi connectivity index (χ1v) is 33.1. The molecule has 0 fully saturated rings. The van der Waals surface area contributed by atoms with E-state index in [0.717, 1.165) is 112 Å². The number of H-pyrrole nitrogens is 1. The Morgan fingerprint density at radius 2 is 0.802 bits per heavy atom. The van der Waals surface area contributed by atoms with Crippen molar-refractivity contribution in [2.24, 2.45) is 0 Å². The number of carbonyl (C=O) groups is 3. The molecule has 3 atom stereocenters. The number of aromatic amines is 1. The van der Waals surface area contributed by atoms with Gasteiger partial charge in [0.05, 0.1) is 55.5 Å². The summed E-state index contributed by atoms with van der Waals surface area (Å²) in [6.45, 7) is 35.9. The highest BCUT2D eigenvalue weighted by molar-refractivity contribution is 7.59. The minimum atomic E-state index is -1.19. The van der Waals surface area contributed by atoms with Crippen LogP contribution in [-0.2, 0) is 51.2 Å². The molecule has 8 aromatic heterocycles. The summed E-state index contributed by atoms with van der Waals surface area (Å²) < 4.78 is 43.4. The van der Waals surface area contributed by atoms with Crippen LogP contribution in [0.3, 0.4) is 0 Å². The van der Waals surface area contributed by atoms with E-state index in [-0.39, 0.29) is 40.5 Å². The number of carboxylic acid groups (broad SMARTS) is 1. The largest absolute Gasteiger partial charge is 0.479 e. The molecule has 25 heteroatoms. The molecule has 8 heterocycles. The fourth-order valence-corrected chi connectivity index (χ4v) is 12.6. The van der Waals surface area contributed by atoms with Crippen molar-refractivity contribution in [3.05, 3.63) is 192 Å². The summed E-state index contributed by atoms with van der Waals surface area (Å²) in [5.41, 5.74) is 17.5. The summed E-state index contributed by atoms with van der Waals surface area (Å²) in [5, 5.41) is 14.9. The van der Waals surface area contributed by atoms with Crippen molar-refractivity contribution in [2.45, 2.75) is 173 Å². The van der Waals surface area contributed by atoms with Gasteiger partial charge in [-0.1, -0.05) is 71.2 Å². The SMILES string of the molecule is COC(=O)[C@@H](OC(C)(C)C)c1c(C)nc2[nH]c(C)c(C)c2c1-c1ccc(Cl)cc1.COC(=O)[C@@H](OC(C)(C)C)c1c(C)nc2c(c(C)c(C)n2Cc2cocn2)c1-c1ccc(Cl)cc1.Cc1nc2c(c(C)c(C)n2Cc2cocn2)c(-c2ccc(Cl)cc2)c1[C@H](OC(C)(C)C)C(=O)O.S.S.S. The van der Waals surface area contributed by atoms with Crippen LogP contribution in [0, 0.1) is 62.3 Å². The standard InChI is InChI=1S/C27H30ClN3O4.C26H28ClN3O4.C23H27ClN2O3.3H2S/c1-15-17(3)31(12-20-13-34-14-29-20)25-21(15)23(18-8-10-19(28)11-9-18)22(16(2)30-25)24(26(32)33-7)35-27(4,5)6;1-14-16(3)30(11-19-12-33-13-28-19)24-20(14)22(17-7-9-18(27)10-8-17)21(15(2)29-24)23(25(31)32)34-26(4,5)6;1-12-13(2)25-21-17(12)19(15-8-10-16(24)11-9-15)18(14(3)26-21)20(22(27)28-7)29-23(4,5)6;;;/h8-11,13-14,24H,12H2,1-7H3;7-10,12-13,23H,11H2,1-6H3,(H,31,32);8-11,20H,1-7H3,(H,25,26);3*1H2/t24-;23-;20-;;;/m000.../s1. The molecular weight excluding hydrogens is 1400 g/mol. The van der Waals surface area contributed by atoms with E-state index in [9.17, 15) is 19.5 Å². The zero-order chi connectivity index (χ0) is 71.8. The lowest BCUT2D eigenvalue weighted by molar-refractivity contribution is -0.164. The molecule has 3 aromatic carbocycles. The number of ether oxygens (including phenoxy) is 5. The summed E-state index contributed by atoms with van der Waals surface area (Å²) in [4.78, 5) is 64.9. The van der Waals surface area contributed by atoms with Crippen LogP contribution in [0.2, 0.25) is 15.1 Å². The van der Waals surface area contributed by atoms with Gasteiger partial charge >= 0.3 is 17.9 Å². The minimum Gasteiger partial charge on any atom is -0.479 e. The van der Waals surface area contributed by atoms with E-state index in [1.54, 1.807) is 24.7 Å². The number of aliphatic carboxylic acids is 1. The normalized spacial score (nSPS) is 12.5. The number of hydrogen-bond acceptors (Lipinski definition) is 15. The fourth-order valence-electron chi connectivity index (χ4n) is 12.2. The molecule has 2 N–H and O–H groups in total. The molecule has 0 aliphatic rings. The third-order valence-electron chi connectivity index (χ3n) is 16.9. The Morgan fingerprint density at radius 3 is 1.11 bits per heavy atom. The lowest BCUT2D eigenvalue weighted by Gasteiger charge is -2.28. The lowest BCUT2D eigenvalue weighted by Crippen LogP contribution is -2.29. The van der Waals surface area contributed by atoms with Crippen molar-refractivity contribution < 1.29 is 52.0 Å². The average molecular weight is 1500 g/mol. The van der Waals surface area contributed by atoms with E-state index in [1.165, 1.54) is 27.0 Å². The van der Waals surface area contributed by atoms with Gasteiger partial charge in [-0.05, 0) is 194 Å². The van der Waals surface area contributed by atoms with Crippen LogP contribution < -0.4 is 0 Å². The predicted molar refractivity (Wildman–Crippen MR) is 414 cm³/mol. The fraction of sp³-hybridized carbons (Fsp3) is 0.368. The molecule has 0 amide bonds. The maximum atomic E-state index is 13.1. The van der Waals surface area contributed by atoms with E-state index < -0.39 is 53.0 Å². The van der Waals surface area contributed by atoms with Gasteiger partial charge in [-0.25, -0.2) is 39.3 Å². The molecule has 0 saturated carbocycles. The van der Waals surface area contributed by atoms with Crippen molar-refractivity contribution in [3.8, 4) is 33.4 Å². The van der Waals surface area contributed by atoms with E-state index in [1.807, 2.05) is 171 Å². The van der Waals surface area contributed by atoms with E-state index in [4.69, 9.17) is 82.3 Å². The summed E-state index contributed by atoms with van der Waals surface area (Å²) >= 11 is 18.5. The summed E-state index contributed by atoms with van der Waals surface area (Å²) in [5.74, 6) is -1.99. The Balaban J connectivity index is 0.000000236. The van der Waals surface area contributed by atoms with Crippen molar-refractivity contribution in [1.82, 2.24) is 39.0 Å². The first-order valence-electron chi connectivity index (χ1n) is 32.0. The second-order valence-corrected chi connectivity index (χ2v) is 28.6. The molecule has 0 radical (unpaired) electrons. The third kappa shape index (κ3) is 18.2. The van der Waals surface area contributed by atoms with E-state index in [0.29, 0.717) is 61.9 Å². The first kappa shape index (κ1) is 82.3. The highest BCUT2D eigenvalue weighted by atomic mass is 35.5. The molecule has 0 spiro atoms. The van der Waals surface area contributed by atoms with E-state index >= 15 is 0 Å². The number of methoxy groups -OCH3 is 2. The number of fused-ring (bicyclic) bond motifs is 3. The molecule has 540 valence electrons. The molecule has 11 aromatic rings. The number of nitrogens with zero attached hydrogens (tertiary/aromatic N) is 7. The average Bonchev–Trinajstić information content (AvgIpc) is 1.64. The van der Waals surface area contributed by atoms with Crippen LogP contribution in [0.1, 0.15) is 160 Å². The Labute approximate surface area is 625 Å². The topological polar surface area (TPSA) is 234 Å². The molecule has 101 heavy (non-hydrogen) atoms. The maximum Gasteiger partial charge on any atom is 0.339 e. The smallest absolute Gasteiger partial charge is 0.339 e.